The minimum absolute atomic E-state index is 0.0517. The Balaban J connectivity index is 1.96. The first-order chi connectivity index (χ1) is 9.65. The van der Waals surface area contributed by atoms with E-state index in [1.807, 2.05) is 0 Å². The summed E-state index contributed by atoms with van der Waals surface area (Å²) in [7, 11) is 0. The average molecular weight is 292 g/mol. The average Bonchev–Trinajstić information content (AvgIpc) is 3.10. The number of non-ortho nitro benzene ring substituents is 1. The zero-order valence-corrected chi connectivity index (χ0v) is 11.3. The van der Waals surface area contributed by atoms with Gasteiger partial charge in [-0.2, -0.15) is 16.7 Å². The molecule has 1 unspecified atom stereocenters. The van der Waals surface area contributed by atoms with Crippen LogP contribution in [0.3, 0.4) is 0 Å². The number of thioether (sulfide) groups is 1. The molecule has 0 aliphatic carbocycles. The molecule has 0 bridgehead atoms. The number of benzene rings is 1. The number of hydrogen-bond acceptors (Lipinski definition) is 7. The molecule has 0 saturated carbocycles. The smallest absolute Gasteiger partial charge is 0.270 e. The van der Waals surface area contributed by atoms with Crippen molar-refractivity contribution in [3.8, 4) is 11.5 Å². The van der Waals surface area contributed by atoms with Crippen LogP contribution in [0.1, 0.15) is 23.9 Å². The molecule has 1 aromatic carbocycles. The maximum absolute atomic E-state index is 10.8. The van der Waals surface area contributed by atoms with E-state index < -0.39 is 4.92 Å². The van der Waals surface area contributed by atoms with Crippen LogP contribution in [0, 0.1) is 10.1 Å². The van der Waals surface area contributed by atoms with E-state index in [2.05, 4.69) is 10.1 Å². The SMILES string of the molecule is Nc1ccc([N+](=O)[O-])cc1-c1nc(C2CCCS2)no1. The van der Waals surface area contributed by atoms with Crippen LogP contribution < -0.4 is 5.73 Å². The Hall–Kier alpha value is -2.09. The predicted molar refractivity (Wildman–Crippen MR) is 75.2 cm³/mol. The van der Waals surface area contributed by atoms with Crippen LogP contribution in [0.2, 0.25) is 0 Å². The van der Waals surface area contributed by atoms with E-state index in [0.29, 0.717) is 17.1 Å². The van der Waals surface area contributed by atoms with Crippen molar-refractivity contribution in [3.63, 3.8) is 0 Å². The molecule has 8 heteroatoms. The van der Waals surface area contributed by atoms with Crippen LogP contribution in [0.5, 0.6) is 0 Å². The zero-order valence-electron chi connectivity index (χ0n) is 10.5. The second-order valence-electron chi connectivity index (χ2n) is 4.49. The van der Waals surface area contributed by atoms with Gasteiger partial charge in [0.15, 0.2) is 5.82 Å². The molecule has 2 aromatic rings. The van der Waals surface area contributed by atoms with Crippen molar-refractivity contribution in [2.45, 2.75) is 18.1 Å². The van der Waals surface area contributed by atoms with Gasteiger partial charge in [-0.05, 0) is 24.7 Å². The molecule has 1 aliphatic rings. The van der Waals surface area contributed by atoms with Crippen molar-refractivity contribution in [1.29, 1.82) is 0 Å². The van der Waals surface area contributed by atoms with Gasteiger partial charge in [-0.25, -0.2) is 0 Å². The van der Waals surface area contributed by atoms with Gasteiger partial charge < -0.3 is 10.3 Å². The highest BCUT2D eigenvalue weighted by molar-refractivity contribution is 7.99. The molecule has 2 N–H and O–H groups in total. The first kappa shape index (κ1) is 12.9. The van der Waals surface area contributed by atoms with Crippen LogP contribution in [0.25, 0.3) is 11.5 Å². The van der Waals surface area contributed by atoms with E-state index >= 15 is 0 Å². The molecule has 104 valence electrons. The highest BCUT2D eigenvalue weighted by atomic mass is 32.2. The van der Waals surface area contributed by atoms with Crippen molar-refractivity contribution in [2.75, 3.05) is 11.5 Å². The van der Waals surface area contributed by atoms with Gasteiger partial charge in [0, 0.05) is 17.8 Å². The van der Waals surface area contributed by atoms with Crippen molar-refractivity contribution in [3.05, 3.63) is 34.1 Å². The third-order valence-electron chi connectivity index (χ3n) is 3.14. The minimum Gasteiger partial charge on any atom is -0.398 e. The molecule has 0 amide bonds. The first-order valence-electron chi connectivity index (χ1n) is 6.14. The summed E-state index contributed by atoms with van der Waals surface area (Å²) in [6, 6.07) is 4.18. The zero-order chi connectivity index (χ0) is 14.1. The van der Waals surface area contributed by atoms with E-state index in [-0.39, 0.29) is 16.8 Å². The fraction of sp³-hybridized carbons (Fsp3) is 0.333. The molecule has 1 aromatic heterocycles. The summed E-state index contributed by atoms with van der Waals surface area (Å²) < 4.78 is 5.20. The van der Waals surface area contributed by atoms with E-state index in [1.54, 1.807) is 11.8 Å². The van der Waals surface area contributed by atoms with E-state index in [0.717, 1.165) is 18.6 Å². The molecule has 2 heterocycles. The van der Waals surface area contributed by atoms with Crippen LogP contribution in [0.15, 0.2) is 22.7 Å². The van der Waals surface area contributed by atoms with Gasteiger partial charge in [-0.1, -0.05) is 5.16 Å². The summed E-state index contributed by atoms with van der Waals surface area (Å²) >= 11 is 1.79. The molecule has 20 heavy (non-hydrogen) atoms. The molecular weight excluding hydrogens is 280 g/mol. The van der Waals surface area contributed by atoms with Crippen molar-refractivity contribution >= 4 is 23.1 Å². The molecule has 7 nitrogen and oxygen atoms in total. The fourth-order valence-corrected chi connectivity index (χ4v) is 3.30. The maximum Gasteiger partial charge on any atom is 0.270 e. The molecule has 0 spiro atoms. The van der Waals surface area contributed by atoms with Crippen molar-refractivity contribution in [1.82, 2.24) is 10.1 Å². The second-order valence-corrected chi connectivity index (χ2v) is 5.80. The van der Waals surface area contributed by atoms with E-state index in [9.17, 15) is 10.1 Å². The molecule has 1 atom stereocenters. The van der Waals surface area contributed by atoms with Gasteiger partial charge >= 0.3 is 0 Å². The molecule has 1 aliphatic heterocycles. The molecule has 0 radical (unpaired) electrons. The fourth-order valence-electron chi connectivity index (χ4n) is 2.10. The Morgan fingerprint density at radius 3 is 3.05 bits per heavy atom. The highest BCUT2D eigenvalue weighted by Crippen LogP contribution is 2.39. The van der Waals surface area contributed by atoms with Gasteiger partial charge in [-0.3, -0.25) is 10.1 Å². The third kappa shape index (κ3) is 2.34. The minimum atomic E-state index is -0.479. The summed E-state index contributed by atoms with van der Waals surface area (Å²) in [5.74, 6) is 1.95. The summed E-state index contributed by atoms with van der Waals surface area (Å²) in [4.78, 5) is 14.6. The lowest BCUT2D eigenvalue weighted by Gasteiger charge is -2.01. The Kier molecular flexibility index (Phi) is 3.31. The monoisotopic (exact) mass is 292 g/mol. The van der Waals surface area contributed by atoms with Gasteiger partial charge in [-0.15, -0.1) is 0 Å². The Labute approximate surface area is 118 Å². The predicted octanol–water partition coefficient (Wildman–Crippen LogP) is 2.80. The third-order valence-corrected chi connectivity index (χ3v) is 4.51. The quantitative estimate of drug-likeness (QED) is 0.526. The number of hydrogen-bond donors (Lipinski definition) is 1. The number of anilines is 1. The lowest BCUT2D eigenvalue weighted by Crippen LogP contribution is -1.95. The lowest BCUT2D eigenvalue weighted by atomic mass is 10.1. The second kappa shape index (κ2) is 5.12. The van der Waals surface area contributed by atoms with Crippen molar-refractivity contribution in [2.24, 2.45) is 0 Å². The number of rotatable bonds is 3. The molecule has 3 rings (SSSR count). The number of nitrogens with zero attached hydrogens (tertiary/aromatic N) is 3. The first-order valence-corrected chi connectivity index (χ1v) is 7.19. The number of nitrogen functional groups attached to an aromatic ring is 1. The standard InChI is InChI=1S/C12H12N4O3S/c13-9-4-3-7(16(17)18)6-8(9)12-14-11(15-19-12)10-2-1-5-20-10/h3-4,6,10H,1-2,5,13H2. The van der Waals surface area contributed by atoms with Gasteiger partial charge in [0.25, 0.3) is 11.6 Å². The largest absolute Gasteiger partial charge is 0.398 e. The normalized spacial score (nSPS) is 18.3. The molecule has 1 saturated heterocycles. The van der Waals surface area contributed by atoms with Crippen LogP contribution in [-0.4, -0.2) is 20.8 Å². The topological polar surface area (TPSA) is 108 Å². The van der Waals surface area contributed by atoms with Crippen LogP contribution >= 0.6 is 11.8 Å². The Morgan fingerprint density at radius 2 is 2.35 bits per heavy atom. The van der Waals surface area contributed by atoms with Gasteiger partial charge in [0.1, 0.15) is 0 Å². The lowest BCUT2D eigenvalue weighted by molar-refractivity contribution is -0.384. The summed E-state index contributed by atoms with van der Waals surface area (Å²) in [6.07, 6.45) is 2.16. The van der Waals surface area contributed by atoms with Crippen molar-refractivity contribution < 1.29 is 9.45 Å². The molecular formula is C12H12N4O3S. The Morgan fingerprint density at radius 1 is 1.50 bits per heavy atom. The Bertz CT molecular complexity index is 652. The summed E-state index contributed by atoms with van der Waals surface area (Å²) in [5, 5.41) is 15.0. The maximum atomic E-state index is 10.8. The highest BCUT2D eigenvalue weighted by Gasteiger charge is 2.24. The molecule has 1 fully saturated rings. The van der Waals surface area contributed by atoms with Gasteiger partial charge in [0.05, 0.1) is 15.7 Å². The number of aromatic nitrogens is 2. The van der Waals surface area contributed by atoms with Gasteiger partial charge in [0.2, 0.25) is 0 Å². The van der Waals surface area contributed by atoms with E-state index in [1.165, 1.54) is 18.2 Å². The number of nitrogens with two attached hydrogens (primary N) is 1. The summed E-state index contributed by atoms with van der Waals surface area (Å²) in [6.45, 7) is 0. The number of nitro groups is 1. The number of nitro benzene ring substituents is 1. The van der Waals surface area contributed by atoms with Crippen LogP contribution in [0.4, 0.5) is 11.4 Å². The van der Waals surface area contributed by atoms with Crippen LogP contribution in [-0.2, 0) is 0 Å². The van der Waals surface area contributed by atoms with E-state index in [4.69, 9.17) is 10.3 Å². The summed E-state index contributed by atoms with van der Waals surface area (Å²) in [5.41, 5.74) is 6.56.